The first-order chi connectivity index (χ1) is 16.4. The molecule has 1 aliphatic heterocycles. The van der Waals surface area contributed by atoms with E-state index in [9.17, 15) is 19.5 Å². The summed E-state index contributed by atoms with van der Waals surface area (Å²) in [7, 11) is 2.75. The minimum Gasteiger partial charge on any atom is -0.502 e. The van der Waals surface area contributed by atoms with Gasteiger partial charge in [0, 0.05) is 30.8 Å². The van der Waals surface area contributed by atoms with Crippen molar-refractivity contribution in [1.82, 2.24) is 9.88 Å². The fourth-order valence-electron chi connectivity index (χ4n) is 4.03. The molecular formula is C24H26N2O8. The normalized spacial score (nSPS) is 15.2. The van der Waals surface area contributed by atoms with Gasteiger partial charge in [-0.05, 0) is 23.6 Å². The van der Waals surface area contributed by atoms with Gasteiger partial charge in [0.1, 0.15) is 11.5 Å². The van der Waals surface area contributed by atoms with E-state index >= 15 is 0 Å². The number of aromatic nitrogens is 1. The van der Waals surface area contributed by atoms with Gasteiger partial charge in [0.15, 0.2) is 5.76 Å². The molecule has 1 fully saturated rings. The highest BCUT2D eigenvalue weighted by molar-refractivity contribution is 5.81. The summed E-state index contributed by atoms with van der Waals surface area (Å²) in [4.78, 5) is 42.7. The first-order valence-corrected chi connectivity index (χ1v) is 10.8. The molecule has 4 rings (SSSR count). The zero-order valence-electron chi connectivity index (χ0n) is 19.0. The summed E-state index contributed by atoms with van der Waals surface area (Å²) in [6.07, 6.45) is -0.307. The lowest BCUT2D eigenvalue weighted by Crippen LogP contribution is -2.35. The zero-order chi connectivity index (χ0) is 24.2. The summed E-state index contributed by atoms with van der Waals surface area (Å²) in [5, 5.41) is 11.3. The molecular weight excluding hydrogens is 444 g/mol. The molecule has 0 radical (unpaired) electrons. The maximum atomic E-state index is 13.0. The molecule has 2 aromatic heterocycles. The number of nitrogens with zero attached hydrogens (tertiary/aromatic N) is 1. The average molecular weight is 470 g/mol. The van der Waals surface area contributed by atoms with E-state index in [0.717, 1.165) is 0 Å². The highest BCUT2D eigenvalue weighted by Gasteiger charge is 2.29. The molecule has 0 spiro atoms. The number of hydrogen-bond donors (Lipinski definition) is 2. The number of nitrogens with one attached hydrogen (secondary N) is 1. The van der Waals surface area contributed by atoms with Crippen molar-refractivity contribution < 1.29 is 28.5 Å². The van der Waals surface area contributed by atoms with Crippen LogP contribution in [0.2, 0.25) is 0 Å². The fraction of sp³-hybridized carbons (Fsp3) is 0.375. The first kappa shape index (κ1) is 23.5. The van der Waals surface area contributed by atoms with Crippen LogP contribution < -0.4 is 15.7 Å². The SMILES string of the molecule is COC(=O)CC(c1oc(CN2CCOCC2)cc(=O)c1O)c1cc2ccc(OC)cc2[nH]c1=O. The van der Waals surface area contributed by atoms with Crippen LogP contribution in [-0.4, -0.2) is 61.5 Å². The summed E-state index contributed by atoms with van der Waals surface area (Å²) in [6, 6.07) is 8.00. The van der Waals surface area contributed by atoms with E-state index in [1.54, 1.807) is 24.3 Å². The van der Waals surface area contributed by atoms with Crippen LogP contribution >= 0.6 is 0 Å². The Labute approximate surface area is 194 Å². The van der Waals surface area contributed by atoms with E-state index in [1.165, 1.54) is 20.3 Å². The van der Waals surface area contributed by atoms with Crippen molar-refractivity contribution in [3.05, 3.63) is 68.0 Å². The molecule has 0 saturated carbocycles. The van der Waals surface area contributed by atoms with Gasteiger partial charge >= 0.3 is 5.97 Å². The van der Waals surface area contributed by atoms with Gasteiger partial charge in [0.05, 0.1) is 51.8 Å². The molecule has 1 atom stereocenters. The standard InChI is InChI=1S/C24H26N2O8/c1-31-15-4-3-14-9-18(24(30)25-19(14)10-15)17(12-21(28)32-2)23-22(29)20(27)11-16(34-23)13-26-5-7-33-8-6-26/h3-4,9-11,17,29H,5-8,12-13H2,1-2H3,(H,25,30). The second-order valence-corrected chi connectivity index (χ2v) is 8.02. The first-order valence-electron chi connectivity index (χ1n) is 10.8. The van der Waals surface area contributed by atoms with Crippen LogP contribution in [0.15, 0.2) is 44.3 Å². The van der Waals surface area contributed by atoms with Crippen LogP contribution in [0.25, 0.3) is 10.9 Å². The molecule has 0 aliphatic carbocycles. The van der Waals surface area contributed by atoms with Crippen molar-refractivity contribution in [1.29, 1.82) is 0 Å². The Hall–Kier alpha value is -3.63. The second-order valence-electron chi connectivity index (χ2n) is 8.02. The van der Waals surface area contributed by atoms with E-state index in [2.05, 4.69) is 4.98 Å². The highest BCUT2D eigenvalue weighted by Crippen LogP contribution is 2.33. The van der Waals surface area contributed by atoms with Crippen molar-refractivity contribution in [3.8, 4) is 11.5 Å². The lowest BCUT2D eigenvalue weighted by Gasteiger charge is -2.26. The van der Waals surface area contributed by atoms with Gasteiger partial charge in [-0.2, -0.15) is 0 Å². The molecule has 2 N–H and O–H groups in total. The van der Waals surface area contributed by atoms with E-state index in [-0.39, 0.29) is 17.7 Å². The van der Waals surface area contributed by atoms with Gasteiger partial charge < -0.3 is 28.7 Å². The number of carbonyl (C=O) groups is 1. The van der Waals surface area contributed by atoms with E-state index < -0.39 is 28.6 Å². The van der Waals surface area contributed by atoms with E-state index in [1.807, 2.05) is 4.90 Å². The Morgan fingerprint density at radius 1 is 1.18 bits per heavy atom. The van der Waals surface area contributed by atoms with Crippen molar-refractivity contribution in [2.75, 3.05) is 40.5 Å². The molecule has 10 nitrogen and oxygen atoms in total. The highest BCUT2D eigenvalue weighted by atomic mass is 16.5. The summed E-state index contributed by atoms with van der Waals surface area (Å²) in [5.41, 5.74) is -0.446. The predicted octanol–water partition coefficient (Wildman–Crippen LogP) is 1.72. The topological polar surface area (TPSA) is 131 Å². The molecule has 1 saturated heterocycles. The Kier molecular flexibility index (Phi) is 6.99. The number of aromatic hydroxyl groups is 1. The van der Waals surface area contributed by atoms with Gasteiger partial charge in [0.25, 0.3) is 5.56 Å². The van der Waals surface area contributed by atoms with Crippen LogP contribution in [0.3, 0.4) is 0 Å². The van der Waals surface area contributed by atoms with Crippen molar-refractivity contribution in [2.45, 2.75) is 18.9 Å². The average Bonchev–Trinajstić information content (AvgIpc) is 2.84. The van der Waals surface area contributed by atoms with Gasteiger partial charge in [-0.3, -0.25) is 19.3 Å². The number of esters is 1. The van der Waals surface area contributed by atoms with Gasteiger partial charge in [-0.1, -0.05) is 0 Å². The van der Waals surface area contributed by atoms with Crippen LogP contribution in [0, 0.1) is 0 Å². The van der Waals surface area contributed by atoms with Crippen LogP contribution in [-0.2, 0) is 20.8 Å². The largest absolute Gasteiger partial charge is 0.502 e. The van der Waals surface area contributed by atoms with Crippen molar-refractivity contribution >= 4 is 16.9 Å². The summed E-state index contributed by atoms with van der Waals surface area (Å²) in [5.74, 6) is -1.58. The third kappa shape index (κ3) is 4.97. The molecule has 1 aromatic carbocycles. The Balaban J connectivity index is 1.81. The van der Waals surface area contributed by atoms with Gasteiger partial charge in [0.2, 0.25) is 11.2 Å². The number of morpholine rings is 1. The Morgan fingerprint density at radius 2 is 1.94 bits per heavy atom. The summed E-state index contributed by atoms with van der Waals surface area (Å²) < 4.78 is 21.3. The quantitative estimate of drug-likeness (QED) is 0.496. The molecule has 3 heterocycles. The van der Waals surface area contributed by atoms with E-state index in [4.69, 9.17) is 18.6 Å². The molecule has 34 heavy (non-hydrogen) atoms. The number of aromatic amines is 1. The Bertz CT molecular complexity index is 1310. The number of fused-ring (bicyclic) bond motifs is 1. The Morgan fingerprint density at radius 3 is 2.65 bits per heavy atom. The third-order valence-electron chi connectivity index (χ3n) is 5.86. The number of H-pyrrole nitrogens is 1. The maximum absolute atomic E-state index is 13.0. The molecule has 0 bridgehead atoms. The molecule has 0 amide bonds. The molecule has 180 valence electrons. The maximum Gasteiger partial charge on any atom is 0.306 e. The minimum atomic E-state index is -1.04. The predicted molar refractivity (Wildman–Crippen MR) is 122 cm³/mol. The number of methoxy groups -OCH3 is 2. The molecule has 10 heteroatoms. The number of rotatable bonds is 7. The lowest BCUT2D eigenvalue weighted by molar-refractivity contribution is -0.140. The van der Waals surface area contributed by atoms with Crippen molar-refractivity contribution in [3.63, 3.8) is 0 Å². The van der Waals surface area contributed by atoms with E-state index in [0.29, 0.717) is 55.3 Å². The lowest BCUT2D eigenvalue weighted by atomic mass is 9.92. The van der Waals surface area contributed by atoms with Crippen LogP contribution in [0.1, 0.15) is 29.4 Å². The minimum absolute atomic E-state index is 0.153. The number of ether oxygens (including phenoxy) is 3. The summed E-state index contributed by atoms with van der Waals surface area (Å²) >= 11 is 0. The zero-order valence-corrected chi connectivity index (χ0v) is 19.0. The molecule has 1 unspecified atom stereocenters. The third-order valence-corrected chi connectivity index (χ3v) is 5.86. The van der Waals surface area contributed by atoms with Gasteiger partial charge in [-0.15, -0.1) is 0 Å². The monoisotopic (exact) mass is 470 g/mol. The summed E-state index contributed by atoms with van der Waals surface area (Å²) in [6.45, 7) is 2.79. The smallest absolute Gasteiger partial charge is 0.306 e. The van der Waals surface area contributed by atoms with Gasteiger partial charge in [-0.25, -0.2) is 0 Å². The molecule has 1 aliphatic rings. The number of hydrogen-bond acceptors (Lipinski definition) is 9. The van der Waals surface area contributed by atoms with Crippen LogP contribution in [0.5, 0.6) is 11.5 Å². The number of pyridine rings is 1. The molecule has 3 aromatic rings. The number of benzene rings is 1. The fourth-order valence-corrected chi connectivity index (χ4v) is 4.03. The van der Waals surface area contributed by atoms with Crippen LogP contribution in [0.4, 0.5) is 0 Å². The van der Waals surface area contributed by atoms with Crippen molar-refractivity contribution in [2.24, 2.45) is 0 Å². The second kappa shape index (κ2) is 10.1. The number of carbonyl (C=O) groups excluding carboxylic acids is 1.